The summed E-state index contributed by atoms with van der Waals surface area (Å²) >= 11 is 0. The van der Waals surface area contributed by atoms with Crippen molar-refractivity contribution in [1.82, 2.24) is 4.90 Å². The van der Waals surface area contributed by atoms with Gasteiger partial charge in [-0.1, -0.05) is 6.92 Å². The number of carbonyl (C=O) groups is 1. The first kappa shape index (κ1) is 18.6. The molecular weight excluding hydrogens is 327 g/mol. The molecule has 0 aromatic rings. The Hall–Kier alpha value is -1.45. The SMILES string of the molecule is C[C@@H]1CC=C(OS(=O)(=O)C(F)(F)F)N(C(=O)OC(C)(C)C)C1. The molecule has 0 aromatic carbocycles. The molecule has 0 saturated carbocycles. The molecule has 0 aliphatic carbocycles. The minimum absolute atomic E-state index is 0.00583. The maximum absolute atomic E-state index is 12.4. The van der Waals surface area contributed by atoms with Gasteiger partial charge in [0.2, 0.25) is 5.88 Å². The van der Waals surface area contributed by atoms with E-state index in [4.69, 9.17) is 4.74 Å². The monoisotopic (exact) mass is 345 g/mol. The van der Waals surface area contributed by atoms with E-state index in [1.54, 1.807) is 27.7 Å². The molecule has 10 heteroatoms. The molecule has 0 saturated heterocycles. The molecule has 1 atom stereocenters. The van der Waals surface area contributed by atoms with Gasteiger partial charge >= 0.3 is 21.7 Å². The number of hydrogen-bond acceptors (Lipinski definition) is 5. The summed E-state index contributed by atoms with van der Waals surface area (Å²) in [4.78, 5) is 12.8. The van der Waals surface area contributed by atoms with E-state index in [9.17, 15) is 26.4 Å². The second-order valence-electron chi connectivity index (χ2n) is 5.96. The van der Waals surface area contributed by atoms with Gasteiger partial charge in [-0.05, 0) is 39.2 Å². The first-order valence-corrected chi connectivity index (χ1v) is 7.85. The molecule has 1 rings (SSSR count). The van der Waals surface area contributed by atoms with Crippen LogP contribution in [-0.2, 0) is 19.0 Å². The van der Waals surface area contributed by atoms with Crippen LogP contribution in [0.2, 0.25) is 0 Å². The number of ether oxygens (including phenoxy) is 1. The molecule has 1 heterocycles. The van der Waals surface area contributed by atoms with Crippen LogP contribution in [0.1, 0.15) is 34.1 Å². The topological polar surface area (TPSA) is 72.9 Å². The van der Waals surface area contributed by atoms with Crippen molar-refractivity contribution in [2.24, 2.45) is 5.92 Å². The third-order valence-electron chi connectivity index (χ3n) is 2.55. The Balaban J connectivity index is 3.02. The lowest BCUT2D eigenvalue weighted by Crippen LogP contribution is -2.42. The number of allylic oxidation sites excluding steroid dienone is 1. The van der Waals surface area contributed by atoms with Gasteiger partial charge in [0.25, 0.3) is 0 Å². The van der Waals surface area contributed by atoms with Crippen LogP contribution in [0.3, 0.4) is 0 Å². The normalized spacial score (nSPS) is 20.4. The van der Waals surface area contributed by atoms with Crippen LogP contribution in [-0.4, -0.2) is 37.1 Å². The maximum atomic E-state index is 12.4. The molecule has 1 aliphatic rings. The van der Waals surface area contributed by atoms with Crippen molar-refractivity contribution in [3.63, 3.8) is 0 Å². The molecule has 0 bridgehead atoms. The highest BCUT2D eigenvalue weighted by molar-refractivity contribution is 7.87. The van der Waals surface area contributed by atoms with Gasteiger partial charge in [0.05, 0.1) is 0 Å². The molecule has 0 unspecified atom stereocenters. The number of hydrogen-bond donors (Lipinski definition) is 0. The van der Waals surface area contributed by atoms with Crippen LogP contribution in [0.4, 0.5) is 18.0 Å². The predicted octanol–water partition coefficient (Wildman–Crippen LogP) is 2.97. The van der Waals surface area contributed by atoms with E-state index < -0.39 is 33.2 Å². The second-order valence-corrected chi connectivity index (χ2v) is 7.50. The summed E-state index contributed by atoms with van der Waals surface area (Å²) in [6.07, 6.45) is 0.436. The molecule has 128 valence electrons. The fourth-order valence-electron chi connectivity index (χ4n) is 1.61. The zero-order valence-electron chi connectivity index (χ0n) is 12.6. The van der Waals surface area contributed by atoms with Crippen LogP contribution in [0.25, 0.3) is 0 Å². The smallest absolute Gasteiger partial charge is 0.443 e. The molecule has 6 nitrogen and oxygen atoms in total. The zero-order valence-corrected chi connectivity index (χ0v) is 13.4. The van der Waals surface area contributed by atoms with Gasteiger partial charge in [0.15, 0.2) is 0 Å². The fraction of sp³-hybridized carbons (Fsp3) is 0.750. The predicted molar refractivity (Wildman–Crippen MR) is 70.9 cm³/mol. The average molecular weight is 345 g/mol. The van der Waals surface area contributed by atoms with Crippen LogP contribution in [0.5, 0.6) is 0 Å². The van der Waals surface area contributed by atoms with Crippen LogP contribution < -0.4 is 0 Å². The van der Waals surface area contributed by atoms with Gasteiger partial charge in [-0.15, -0.1) is 0 Å². The van der Waals surface area contributed by atoms with Gasteiger partial charge in [-0.3, -0.25) is 0 Å². The standard InChI is InChI=1S/C12H18F3NO5S/c1-8-5-6-9(21-22(18,19)12(13,14)15)16(7-8)10(17)20-11(2,3)4/h6,8H,5,7H2,1-4H3/t8-/m1/s1. The second kappa shape index (κ2) is 5.98. The van der Waals surface area contributed by atoms with E-state index in [1.165, 1.54) is 0 Å². The highest BCUT2D eigenvalue weighted by Gasteiger charge is 2.50. The Morgan fingerprint density at radius 3 is 2.32 bits per heavy atom. The number of nitrogens with zero attached hydrogens (tertiary/aromatic N) is 1. The number of alkyl halides is 3. The van der Waals surface area contributed by atoms with E-state index in [2.05, 4.69) is 4.18 Å². The van der Waals surface area contributed by atoms with Crippen molar-refractivity contribution in [1.29, 1.82) is 0 Å². The highest BCUT2D eigenvalue weighted by Crippen LogP contribution is 2.30. The highest BCUT2D eigenvalue weighted by atomic mass is 32.2. The van der Waals surface area contributed by atoms with E-state index in [1.807, 2.05) is 0 Å². The summed E-state index contributed by atoms with van der Waals surface area (Å²) in [5.74, 6) is -0.766. The Bertz CT molecular complexity index is 562. The molecule has 0 spiro atoms. The van der Waals surface area contributed by atoms with Crippen molar-refractivity contribution in [2.75, 3.05) is 6.54 Å². The maximum Gasteiger partial charge on any atom is 0.534 e. The van der Waals surface area contributed by atoms with Gasteiger partial charge in [0, 0.05) is 6.54 Å². The van der Waals surface area contributed by atoms with Crippen molar-refractivity contribution in [2.45, 2.75) is 45.2 Å². The van der Waals surface area contributed by atoms with Crippen molar-refractivity contribution in [3.05, 3.63) is 12.0 Å². The summed E-state index contributed by atoms with van der Waals surface area (Å²) in [6, 6.07) is 0. The summed E-state index contributed by atoms with van der Waals surface area (Å²) < 4.78 is 68.5. The minimum Gasteiger partial charge on any atom is -0.443 e. The molecule has 0 radical (unpaired) electrons. The van der Waals surface area contributed by atoms with E-state index in [0.29, 0.717) is 0 Å². The minimum atomic E-state index is -5.84. The zero-order chi connectivity index (χ0) is 17.3. The van der Waals surface area contributed by atoms with Gasteiger partial charge in [-0.2, -0.15) is 21.6 Å². The van der Waals surface area contributed by atoms with Crippen molar-refractivity contribution >= 4 is 16.2 Å². The lowest BCUT2D eigenvalue weighted by Gasteiger charge is -2.32. The van der Waals surface area contributed by atoms with Crippen molar-refractivity contribution < 1.29 is 35.3 Å². The summed E-state index contributed by atoms with van der Waals surface area (Å²) in [7, 11) is -5.84. The van der Waals surface area contributed by atoms with Gasteiger partial charge in [-0.25, -0.2) is 9.69 Å². The summed E-state index contributed by atoms with van der Waals surface area (Å²) in [6.45, 7) is 6.48. The molecule has 0 fully saturated rings. The first-order valence-electron chi connectivity index (χ1n) is 6.44. The van der Waals surface area contributed by atoms with Crippen LogP contribution in [0, 0.1) is 5.92 Å². The lowest BCUT2D eigenvalue weighted by atomic mass is 10.0. The number of amides is 1. The largest absolute Gasteiger partial charge is 0.534 e. The molecule has 1 aliphatic heterocycles. The van der Waals surface area contributed by atoms with E-state index in [-0.39, 0.29) is 18.9 Å². The average Bonchev–Trinajstić information content (AvgIpc) is 2.27. The Kier molecular flexibility index (Phi) is 5.05. The third kappa shape index (κ3) is 4.79. The Labute approximate surface area is 127 Å². The van der Waals surface area contributed by atoms with E-state index >= 15 is 0 Å². The number of halogens is 3. The summed E-state index contributed by atoms with van der Waals surface area (Å²) in [5.41, 5.74) is -6.46. The third-order valence-corrected chi connectivity index (χ3v) is 3.50. The quantitative estimate of drug-likeness (QED) is 0.568. The van der Waals surface area contributed by atoms with E-state index in [0.717, 1.165) is 11.0 Å². The lowest BCUT2D eigenvalue weighted by molar-refractivity contribution is -0.0545. The molecule has 0 N–H and O–H groups in total. The van der Waals surface area contributed by atoms with Crippen LogP contribution in [0.15, 0.2) is 12.0 Å². The number of rotatable bonds is 2. The Morgan fingerprint density at radius 1 is 1.32 bits per heavy atom. The molecule has 1 amide bonds. The molecule has 0 aromatic heterocycles. The first-order chi connectivity index (χ1) is 9.73. The molecule has 22 heavy (non-hydrogen) atoms. The molecular formula is C12H18F3NO5S. The fourth-order valence-corrected chi connectivity index (χ4v) is 2.09. The Morgan fingerprint density at radius 2 is 1.86 bits per heavy atom. The van der Waals surface area contributed by atoms with Crippen LogP contribution >= 0.6 is 0 Å². The van der Waals surface area contributed by atoms with Crippen molar-refractivity contribution in [3.8, 4) is 0 Å². The van der Waals surface area contributed by atoms with Gasteiger partial charge < -0.3 is 8.92 Å². The number of carbonyl (C=O) groups excluding carboxylic acids is 1. The summed E-state index contributed by atoms with van der Waals surface area (Å²) in [5, 5.41) is 0. The van der Waals surface area contributed by atoms with Gasteiger partial charge in [0.1, 0.15) is 5.60 Å².